The molecule has 118 valence electrons. The minimum atomic E-state index is -3.44. The molecule has 0 spiro atoms. The van der Waals surface area contributed by atoms with Crippen LogP contribution in [0.25, 0.3) is 11.5 Å². The first-order chi connectivity index (χ1) is 10.3. The Morgan fingerprint density at radius 1 is 1.23 bits per heavy atom. The van der Waals surface area contributed by atoms with Crippen LogP contribution in [0.4, 0.5) is 0 Å². The Kier molecular flexibility index (Phi) is 3.54. The summed E-state index contributed by atoms with van der Waals surface area (Å²) in [4.78, 5) is 4.56. The van der Waals surface area contributed by atoms with E-state index in [1.165, 1.54) is 30.5 Å². The van der Waals surface area contributed by atoms with E-state index in [1.807, 2.05) is 0 Å². The van der Waals surface area contributed by atoms with Gasteiger partial charge < -0.3 is 10.3 Å². The van der Waals surface area contributed by atoms with Crippen LogP contribution in [0.15, 0.2) is 33.7 Å². The highest BCUT2D eigenvalue weighted by Gasteiger charge is 2.39. The van der Waals surface area contributed by atoms with Crippen molar-refractivity contribution in [3.05, 3.63) is 30.1 Å². The van der Waals surface area contributed by atoms with E-state index in [-0.39, 0.29) is 4.90 Å². The van der Waals surface area contributed by atoms with Crippen molar-refractivity contribution in [3.8, 4) is 11.5 Å². The summed E-state index contributed by atoms with van der Waals surface area (Å²) >= 11 is 0. The molecule has 0 unspecified atom stereocenters. The molecule has 2 N–H and O–H groups in total. The van der Waals surface area contributed by atoms with Crippen molar-refractivity contribution in [2.75, 3.05) is 14.1 Å². The number of nitrogens with zero attached hydrogens (tertiary/aromatic N) is 3. The molecule has 0 saturated heterocycles. The van der Waals surface area contributed by atoms with Crippen molar-refractivity contribution in [3.63, 3.8) is 0 Å². The zero-order valence-electron chi connectivity index (χ0n) is 12.5. The average molecular weight is 322 g/mol. The number of aromatic nitrogens is 2. The Labute approximate surface area is 129 Å². The molecule has 3 rings (SSSR count). The minimum absolute atomic E-state index is 0.218. The van der Waals surface area contributed by atoms with E-state index in [4.69, 9.17) is 10.3 Å². The minimum Gasteiger partial charge on any atom is -0.334 e. The number of sulfonamides is 1. The Bertz CT molecular complexity index is 777. The number of nitrogens with two attached hydrogens (primary N) is 1. The molecule has 0 bridgehead atoms. The van der Waals surface area contributed by atoms with Crippen LogP contribution in [-0.2, 0) is 15.6 Å². The first-order valence-corrected chi connectivity index (χ1v) is 8.43. The van der Waals surface area contributed by atoms with Crippen molar-refractivity contribution in [1.29, 1.82) is 0 Å². The van der Waals surface area contributed by atoms with Crippen molar-refractivity contribution >= 4 is 10.0 Å². The van der Waals surface area contributed by atoms with Gasteiger partial charge in [0, 0.05) is 19.7 Å². The molecule has 0 aliphatic heterocycles. The second kappa shape index (κ2) is 5.15. The molecule has 1 aliphatic rings. The molecule has 2 aromatic rings. The van der Waals surface area contributed by atoms with Gasteiger partial charge in [0.1, 0.15) is 0 Å². The molecule has 7 nitrogen and oxygen atoms in total. The van der Waals surface area contributed by atoms with E-state index < -0.39 is 15.6 Å². The normalized spacial score (nSPS) is 17.5. The lowest BCUT2D eigenvalue weighted by Crippen LogP contribution is -2.44. The standard InChI is InChI=1S/C14H18N4O3S/c1-18(2)22(19,20)11-6-4-10(5-7-11)12-16-13(17-21-12)14(15)8-3-9-14/h4-7H,3,8-9,15H2,1-2H3. The lowest BCUT2D eigenvalue weighted by Gasteiger charge is -2.34. The van der Waals surface area contributed by atoms with Crippen LogP contribution in [0, 0.1) is 0 Å². The fourth-order valence-electron chi connectivity index (χ4n) is 2.30. The Balaban J connectivity index is 1.88. The third-order valence-corrected chi connectivity index (χ3v) is 5.83. The SMILES string of the molecule is CN(C)S(=O)(=O)c1ccc(-c2nc(C3(N)CCC3)no2)cc1. The van der Waals surface area contributed by atoms with Crippen LogP contribution in [0.1, 0.15) is 25.1 Å². The fourth-order valence-corrected chi connectivity index (χ4v) is 3.21. The van der Waals surface area contributed by atoms with Crippen LogP contribution in [0.2, 0.25) is 0 Å². The molecular weight excluding hydrogens is 304 g/mol. The third kappa shape index (κ3) is 2.43. The zero-order chi connectivity index (χ0) is 16.0. The van der Waals surface area contributed by atoms with E-state index in [0.29, 0.717) is 17.3 Å². The molecule has 0 atom stereocenters. The maximum atomic E-state index is 12.0. The molecule has 1 saturated carbocycles. The smallest absolute Gasteiger partial charge is 0.257 e. The molecule has 1 aromatic heterocycles. The predicted molar refractivity (Wildman–Crippen MR) is 80.3 cm³/mol. The average Bonchev–Trinajstić information content (AvgIpc) is 2.95. The van der Waals surface area contributed by atoms with Gasteiger partial charge in [-0.25, -0.2) is 12.7 Å². The summed E-state index contributed by atoms with van der Waals surface area (Å²) in [5.41, 5.74) is 6.35. The van der Waals surface area contributed by atoms with Crippen LogP contribution in [-0.4, -0.2) is 37.0 Å². The molecule has 22 heavy (non-hydrogen) atoms. The molecule has 1 heterocycles. The topological polar surface area (TPSA) is 102 Å². The fraction of sp³-hybridized carbons (Fsp3) is 0.429. The van der Waals surface area contributed by atoms with Crippen molar-refractivity contribution in [2.45, 2.75) is 29.7 Å². The van der Waals surface area contributed by atoms with Crippen molar-refractivity contribution in [1.82, 2.24) is 14.4 Å². The van der Waals surface area contributed by atoms with Gasteiger partial charge in [-0.2, -0.15) is 4.98 Å². The molecular formula is C14H18N4O3S. The molecule has 1 fully saturated rings. The van der Waals surface area contributed by atoms with E-state index in [0.717, 1.165) is 19.3 Å². The first-order valence-electron chi connectivity index (χ1n) is 6.99. The highest BCUT2D eigenvalue weighted by atomic mass is 32.2. The summed E-state index contributed by atoms with van der Waals surface area (Å²) in [6.07, 6.45) is 2.77. The summed E-state index contributed by atoms with van der Waals surface area (Å²) in [6, 6.07) is 6.35. The Morgan fingerprint density at radius 3 is 2.36 bits per heavy atom. The molecule has 0 amide bonds. The number of rotatable bonds is 4. The summed E-state index contributed by atoms with van der Waals surface area (Å²) in [5, 5.41) is 3.95. The van der Waals surface area contributed by atoms with E-state index >= 15 is 0 Å². The highest BCUT2D eigenvalue weighted by molar-refractivity contribution is 7.89. The van der Waals surface area contributed by atoms with Crippen LogP contribution in [0.5, 0.6) is 0 Å². The van der Waals surface area contributed by atoms with Gasteiger partial charge in [0.25, 0.3) is 5.89 Å². The van der Waals surface area contributed by atoms with Gasteiger partial charge in [-0.1, -0.05) is 5.16 Å². The van der Waals surface area contributed by atoms with Gasteiger partial charge in [0.2, 0.25) is 10.0 Å². The summed E-state index contributed by atoms with van der Waals surface area (Å²) in [6.45, 7) is 0. The van der Waals surface area contributed by atoms with Gasteiger partial charge in [-0.3, -0.25) is 0 Å². The van der Waals surface area contributed by atoms with Gasteiger partial charge >= 0.3 is 0 Å². The van der Waals surface area contributed by atoms with Gasteiger partial charge in [0.15, 0.2) is 5.82 Å². The van der Waals surface area contributed by atoms with Crippen molar-refractivity contribution in [2.24, 2.45) is 5.73 Å². The first kappa shape index (κ1) is 15.1. The lowest BCUT2D eigenvalue weighted by atomic mass is 9.77. The molecule has 0 radical (unpaired) electrons. The third-order valence-electron chi connectivity index (χ3n) is 4.00. The van der Waals surface area contributed by atoms with Crippen molar-refractivity contribution < 1.29 is 12.9 Å². The largest absolute Gasteiger partial charge is 0.334 e. The van der Waals surface area contributed by atoms with Crippen LogP contribution < -0.4 is 5.73 Å². The Hall–Kier alpha value is -1.77. The monoisotopic (exact) mass is 322 g/mol. The van der Waals surface area contributed by atoms with Gasteiger partial charge in [0.05, 0.1) is 10.4 Å². The van der Waals surface area contributed by atoms with Crippen LogP contribution >= 0.6 is 0 Å². The number of hydrogen-bond acceptors (Lipinski definition) is 6. The zero-order valence-corrected chi connectivity index (χ0v) is 13.3. The second-order valence-electron chi connectivity index (χ2n) is 5.74. The van der Waals surface area contributed by atoms with Gasteiger partial charge in [-0.05, 0) is 43.5 Å². The van der Waals surface area contributed by atoms with E-state index in [2.05, 4.69) is 10.1 Å². The molecule has 1 aromatic carbocycles. The summed E-state index contributed by atoms with van der Waals surface area (Å²) in [7, 11) is -0.456. The maximum absolute atomic E-state index is 12.0. The number of hydrogen-bond donors (Lipinski definition) is 1. The molecule has 1 aliphatic carbocycles. The quantitative estimate of drug-likeness (QED) is 0.911. The van der Waals surface area contributed by atoms with Crippen LogP contribution in [0.3, 0.4) is 0 Å². The van der Waals surface area contributed by atoms with Gasteiger partial charge in [-0.15, -0.1) is 0 Å². The lowest BCUT2D eigenvalue weighted by molar-refractivity contribution is 0.229. The Morgan fingerprint density at radius 2 is 1.86 bits per heavy atom. The maximum Gasteiger partial charge on any atom is 0.257 e. The summed E-state index contributed by atoms with van der Waals surface area (Å²) in [5.74, 6) is 0.860. The molecule has 8 heteroatoms. The number of benzene rings is 1. The van der Waals surface area contributed by atoms with E-state index in [1.54, 1.807) is 12.1 Å². The predicted octanol–water partition coefficient (Wildman–Crippen LogP) is 1.32. The summed E-state index contributed by atoms with van der Waals surface area (Å²) < 4.78 is 30.5. The van der Waals surface area contributed by atoms with E-state index in [9.17, 15) is 8.42 Å². The second-order valence-corrected chi connectivity index (χ2v) is 7.90. The highest BCUT2D eigenvalue weighted by Crippen LogP contribution is 2.37.